The van der Waals surface area contributed by atoms with Crippen molar-refractivity contribution in [3.05, 3.63) is 11.3 Å². The average Bonchev–Trinajstić information content (AvgIpc) is 2.48. The number of hydrogen-bond donors (Lipinski definition) is 2. The third-order valence-corrected chi connectivity index (χ3v) is 1.43. The van der Waals surface area contributed by atoms with Gasteiger partial charge in [-0.05, 0) is 12.1 Å². The topological polar surface area (TPSA) is 98.6 Å². The molecule has 0 bridgehead atoms. The van der Waals surface area contributed by atoms with Gasteiger partial charge in [-0.2, -0.15) is 0 Å². The van der Waals surface area contributed by atoms with Gasteiger partial charge in [-0.1, -0.05) is 0 Å². The lowest BCUT2D eigenvalue weighted by Crippen LogP contribution is -2.06. The van der Waals surface area contributed by atoms with E-state index in [1.54, 1.807) is 6.92 Å². The molecule has 1 heterocycles. The van der Waals surface area contributed by atoms with E-state index >= 15 is 0 Å². The minimum absolute atomic E-state index is 0.0282. The van der Waals surface area contributed by atoms with Crippen molar-refractivity contribution in [3.63, 3.8) is 0 Å². The zero-order chi connectivity index (χ0) is 9.84. The Morgan fingerprint density at radius 1 is 1.77 bits per heavy atom. The predicted molar refractivity (Wildman–Crippen MR) is 42.5 cm³/mol. The molecule has 0 saturated heterocycles. The van der Waals surface area contributed by atoms with Gasteiger partial charge in [-0.25, -0.2) is 4.79 Å². The second kappa shape index (κ2) is 3.90. The van der Waals surface area contributed by atoms with Crippen LogP contribution in [0.4, 0.5) is 0 Å². The molecule has 1 aromatic rings. The molecular formula is C7H10N2O4. The van der Waals surface area contributed by atoms with Crippen LogP contribution in [0.5, 0.6) is 5.88 Å². The molecule has 0 spiro atoms. The van der Waals surface area contributed by atoms with Crippen LogP contribution in [0.1, 0.15) is 23.0 Å². The summed E-state index contributed by atoms with van der Waals surface area (Å²) in [6.45, 7) is 2.18. The number of hydrogen-bond acceptors (Lipinski definition) is 5. The molecule has 0 aliphatic heterocycles. The first-order chi connectivity index (χ1) is 6.20. The van der Waals surface area contributed by atoms with E-state index in [9.17, 15) is 4.79 Å². The van der Waals surface area contributed by atoms with Crippen molar-refractivity contribution in [2.24, 2.45) is 5.73 Å². The Labute approximate surface area is 74.3 Å². The van der Waals surface area contributed by atoms with Crippen molar-refractivity contribution < 1.29 is 19.2 Å². The Morgan fingerprint density at radius 3 is 2.92 bits per heavy atom. The van der Waals surface area contributed by atoms with E-state index in [-0.39, 0.29) is 23.7 Å². The molecule has 0 atom stereocenters. The Kier molecular flexibility index (Phi) is 2.86. The van der Waals surface area contributed by atoms with Gasteiger partial charge in [0.2, 0.25) is 0 Å². The van der Waals surface area contributed by atoms with Crippen LogP contribution in [0.15, 0.2) is 4.52 Å². The summed E-state index contributed by atoms with van der Waals surface area (Å²) >= 11 is 0. The normalized spacial score (nSPS) is 10.0. The van der Waals surface area contributed by atoms with Crippen LogP contribution in [0.2, 0.25) is 0 Å². The predicted octanol–water partition coefficient (Wildman–Crippen LogP) is 0.230. The molecule has 72 valence electrons. The van der Waals surface area contributed by atoms with E-state index in [1.807, 2.05) is 0 Å². The minimum Gasteiger partial charge on any atom is -0.476 e. The molecule has 0 aliphatic carbocycles. The minimum atomic E-state index is -1.20. The fourth-order valence-corrected chi connectivity index (χ4v) is 0.893. The molecule has 0 radical (unpaired) electrons. The van der Waals surface area contributed by atoms with Crippen molar-refractivity contribution in [2.75, 3.05) is 6.61 Å². The third-order valence-electron chi connectivity index (χ3n) is 1.43. The summed E-state index contributed by atoms with van der Waals surface area (Å²) in [6.07, 6.45) is 0. The van der Waals surface area contributed by atoms with Gasteiger partial charge in [-0.15, -0.1) is 0 Å². The highest BCUT2D eigenvalue weighted by Crippen LogP contribution is 2.20. The molecule has 6 heteroatoms. The highest BCUT2D eigenvalue weighted by Gasteiger charge is 2.21. The highest BCUT2D eigenvalue weighted by molar-refractivity contribution is 5.86. The number of carboxylic acid groups (broad SMARTS) is 1. The molecule has 0 saturated carbocycles. The molecule has 1 rings (SSSR count). The van der Waals surface area contributed by atoms with Crippen LogP contribution >= 0.6 is 0 Å². The Bertz CT molecular complexity index is 307. The monoisotopic (exact) mass is 186 g/mol. The maximum Gasteiger partial charge on any atom is 0.375 e. The average molecular weight is 186 g/mol. The molecular weight excluding hydrogens is 176 g/mol. The smallest absolute Gasteiger partial charge is 0.375 e. The zero-order valence-electron chi connectivity index (χ0n) is 7.11. The molecule has 0 unspecified atom stereocenters. The number of nitrogens with two attached hydrogens (primary N) is 1. The Hall–Kier alpha value is -1.56. The molecule has 0 aliphatic rings. The molecule has 13 heavy (non-hydrogen) atoms. The molecule has 1 aromatic heterocycles. The van der Waals surface area contributed by atoms with Crippen LogP contribution in [-0.4, -0.2) is 22.8 Å². The van der Waals surface area contributed by atoms with E-state index in [2.05, 4.69) is 9.68 Å². The number of nitrogens with zero attached hydrogens (tertiary/aromatic N) is 1. The lowest BCUT2D eigenvalue weighted by Gasteiger charge is -1.98. The Balaban J connectivity index is 3.03. The molecule has 6 nitrogen and oxygen atoms in total. The summed E-state index contributed by atoms with van der Waals surface area (Å²) in [4.78, 5) is 10.6. The molecule has 0 fully saturated rings. The van der Waals surface area contributed by atoms with Gasteiger partial charge >= 0.3 is 5.97 Å². The molecule has 0 aromatic carbocycles. The van der Waals surface area contributed by atoms with E-state index in [4.69, 9.17) is 15.6 Å². The lowest BCUT2D eigenvalue weighted by molar-refractivity contribution is 0.0650. The largest absolute Gasteiger partial charge is 0.476 e. The van der Waals surface area contributed by atoms with Crippen LogP contribution in [0.3, 0.4) is 0 Å². The van der Waals surface area contributed by atoms with Gasteiger partial charge in [0.25, 0.3) is 11.6 Å². The standard InChI is InChI=1S/C7H10N2O4/c1-2-12-6-4(3-8)5(7(10)11)13-9-6/h2-3,8H2,1H3,(H,10,11). The third kappa shape index (κ3) is 1.78. The Morgan fingerprint density at radius 2 is 2.46 bits per heavy atom. The van der Waals surface area contributed by atoms with Crippen LogP contribution in [0, 0.1) is 0 Å². The van der Waals surface area contributed by atoms with Gasteiger partial charge in [0.05, 0.1) is 12.2 Å². The number of carboxylic acids is 1. The quantitative estimate of drug-likeness (QED) is 0.698. The summed E-state index contributed by atoms with van der Waals surface area (Å²) in [6, 6.07) is 0. The SMILES string of the molecule is CCOc1noc(C(=O)O)c1CN. The van der Waals surface area contributed by atoms with Gasteiger partial charge in [0.1, 0.15) is 0 Å². The van der Waals surface area contributed by atoms with Gasteiger partial charge in [0.15, 0.2) is 0 Å². The summed E-state index contributed by atoms with van der Waals surface area (Å²) in [5.74, 6) is -1.30. The first-order valence-electron chi connectivity index (χ1n) is 3.75. The number of aromatic carboxylic acids is 1. The van der Waals surface area contributed by atoms with Gasteiger partial charge < -0.3 is 20.1 Å². The summed E-state index contributed by atoms with van der Waals surface area (Å²) in [5, 5.41) is 12.1. The van der Waals surface area contributed by atoms with Crippen molar-refractivity contribution in [2.45, 2.75) is 13.5 Å². The van der Waals surface area contributed by atoms with E-state index in [0.717, 1.165) is 0 Å². The lowest BCUT2D eigenvalue weighted by atomic mass is 10.2. The number of carbonyl (C=O) groups is 1. The fourth-order valence-electron chi connectivity index (χ4n) is 0.893. The highest BCUT2D eigenvalue weighted by atomic mass is 16.5. The van der Waals surface area contributed by atoms with Crippen molar-refractivity contribution in [1.29, 1.82) is 0 Å². The van der Waals surface area contributed by atoms with Gasteiger partial charge in [0, 0.05) is 6.54 Å². The fraction of sp³-hybridized carbons (Fsp3) is 0.429. The van der Waals surface area contributed by atoms with E-state index in [1.165, 1.54) is 0 Å². The van der Waals surface area contributed by atoms with Crippen LogP contribution in [-0.2, 0) is 6.54 Å². The summed E-state index contributed by atoms with van der Waals surface area (Å²) in [7, 11) is 0. The van der Waals surface area contributed by atoms with E-state index in [0.29, 0.717) is 6.61 Å². The van der Waals surface area contributed by atoms with Crippen molar-refractivity contribution in [3.8, 4) is 5.88 Å². The van der Waals surface area contributed by atoms with Crippen LogP contribution < -0.4 is 10.5 Å². The molecule has 3 N–H and O–H groups in total. The maximum absolute atomic E-state index is 10.6. The second-order valence-electron chi connectivity index (χ2n) is 2.24. The first kappa shape index (κ1) is 9.53. The van der Waals surface area contributed by atoms with Crippen molar-refractivity contribution >= 4 is 5.97 Å². The molecule has 0 amide bonds. The first-order valence-corrected chi connectivity index (χ1v) is 3.75. The van der Waals surface area contributed by atoms with Crippen LogP contribution in [0.25, 0.3) is 0 Å². The second-order valence-corrected chi connectivity index (χ2v) is 2.24. The van der Waals surface area contributed by atoms with Crippen molar-refractivity contribution in [1.82, 2.24) is 5.16 Å². The number of ether oxygens (including phenoxy) is 1. The summed E-state index contributed by atoms with van der Waals surface area (Å²) in [5.41, 5.74) is 5.61. The number of aromatic nitrogens is 1. The van der Waals surface area contributed by atoms with Gasteiger partial charge in [-0.3, -0.25) is 0 Å². The summed E-state index contributed by atoms with van der Waals surface area (Å²) < 4.78 is 9.56. The number of rotatable bonds is 4. The maximum atomic E-state index is 10.6. The zero-order valence-corrected chi connectivity index (χ0v) is 7.11. The van der Waals surface area contributed by atoms with E-state index < -0.39 is 5.97 Å².